The second kappa shape index (κ2) is 5.57. The van der Waals surface area contributed by atoms with E-state index in [9.17, 15) is 10.2 Å². The lowest BCUT2D eigenvalue weighted by atomic mass is 9.90. The van der Waals surface area contributed by atoms with Gasteiger partial charge in [0.2, 0.25) is 0 Å². The summed E-state index contributed by atoms with van der Waals surface area (Å²) in [7, 11) is 0. The van der Waals surface area contributed by atoms with Crippen LogP contribution in [0.1, 0.15) is 11.1 Å². The van der Waals surface area contributed by atoms with E-state index in [0.717, 1.165) is 33.4 Å². The molecule has 2 N–H and O–H groups in total. The van der Waals surface area contributed by atoms with E-state index in [-0.39, 0.29) is 11.5 Å². The van der Waals surface area contributed by atoms with Gasteiger partial charge in [-0.1, -0.05) is 36.4 Å². The van der Waals surface area contributed by atoms with Crippen LogP contribution >= 0.6 is 0 Å². The van der Waals surface area contributed by atoms with Crippen LogP contribution in [0.5, 0.6) is 11.5 Å². The molecule has 0 saturated heterocycles. The van der Waals surface area contributed by atoms with Crippen molar-refractivity contribution in [2.24, 2.45) is 0 Å². The summed E-state index contributed by atoms with van der Waals surface area (Å²) >= 11 is 0. The van der Waals surface area contributed by atoms with Crippen molar-refractivity contribution in [2.45, 2.75) is 13.8 Å². The highest BCUT2D eigenvalue weighted by molar-refractivity contribution is 5.86. The minimum atomic E-state index is 0.277. The summed E-state index contributed by atoms with van der Waals surface area (Å²) in [4.78, 5) is 0. The number of phenolic OH excluding ortho intramolecular Hbond substituents is 2. The Kier molecular flexibility index (Phi) is 3.60. The van der Waals surface area contributed by atoms with Crippen LogP contribution in [0.2, 0.25) is 0 Å². The van der Waals surface area contributed by atoms with Gasteiger partial charge in [-0.25, -0.2) is 0 Å². The minimum Gasteiger partial charge on any atom is -0.508 e. The standard InChI is InChI=1S/C20H18O2/c1-13-11-15(21)7-9-17(13)19-5-3-4-6-20(19)18-10-8-16(22)12-14(18)2/h3-12,21-22H,1-2H3. The quantitative estimate of drug-likeness (QED) is 0.693. The molecule has 22 heavy (non-hydrogen) atoms. The molecule has 0 spiro atoms. The fraction of sp³-hybridized carbons (Fsp3) is 0.100. The van der Waals surface area contributed by atoms with E-state index in [2.05, 4.69) is 12.1 Å². The molecule has 110 valence electrons. The van der Waals surface area contributed by atoms with E-state index in [1.165, 1.54) is 0 Å². The van der Waals surface area contributed by atoms with Gasteiger partial charge in [0.05, 0.1) is 0 Å². The Morgan fingerprint density at radius 3 is 1.32 bits per heavy atom. The fourth-order valence-electron chi connectivity index (χ4n) is 2.85. The molecule has 0 aliphatic heterocycles. The van der Waals surface area contributed by atoms with E-state index in [1.54, 1.807) is 24.3 Å². The van der Waals surface area contributed by atoms with Gasteiger partial charge >= 0.3 is 0 Å². The maximum absolute atomic E-state index is 9.62. The molecule has 0 heterocycles. The number of hydrogen-bond acceptors (Lipinski definition) is 2. The summed E-state index contributed by atoms with van der Waals surface area (Å²) in [6.45, 7) is 3.99. The molecular formula is C20H18O2. The van der Waals surface area contributed by atoms with E-state index in [4.69, 9.17) is 0 Å². The lowest BCUT2D eigenvalue weighted by Gasteiger charge is -2.14. The summed E-state index contributed by atoms with van der Waals surface area (Å²) in [5.74, 6) is 0.555. The van der Waals surface area contributed by atoms with Crippen LogP contribution in [-0.4, -0.2) is 10.2 Å². The first-order chi connectivity index (χ1) is 10.6. The minimum absolute atomic E-state index is 0.277. The number of phenols is 2. The molecule has 0 aromatic heterocycles. The van der Waals surface area contributed by atoms with Gasteiger partial charge in [0.15, 0.2) is 0 Å². The van der Waals surface area contributed by atoms with Crippen molar-refractivity contribution in [3.05, 3.63) is 71.8 Å². The number of benzene rings is 3. The zero-order chi connectivity index (χ0) is 15.7. The Bertz CT molecular complexity index is 764. The first kappa shape index (κ1) is 14.2. The van der Waals surface area contributed by atoms with Crippen molar-refractivity contribution in [1.82, 2.24) is 0 Å². The lowest BCUT2D eigenvalue weighted by Crippen LogP contribution is -1.90. The molecular weight excluding hydrogens is 272 g/mol. The molecule has 2 nitrogen and oxygen atoms in total. The Morgan fingerprint density at radius 1 is 0.545 bits per heavy atom. The smallest absolute Gasteiger partial charge is 0.115 e. The SMILES string of the molecule is Cc1cc(O)ccc1-c1ccccc1-c1ccc(O)cc1C. The fourth-order valence-corrected chi connectivity index (χ4v) is 2.85. The molecule has 0 saturated carbocycles. The molecule has 0 bridgehead atoms. The third-order valence-corrected chi connectivity index (χ3v) is 3.93. The number of hydrogen-bond donors (Lipinski definition) is 2. The first-order valence-electron chi connectivity index (χ1n) is 7.25. The highest BCUT2D eigenvalue weighted by Crippen LogP contribution is 2.36. The summed E-state index contributed by atoms with van der Waals surface area (Å²) in [6.07, 6.45) is 0. The van der Waals surface area contributed by atoms with Gasteiger partial charge in [-0.15, -0.1) is 0 Å². The largest absolute Gasteiger partial charge is 0.508 e. The van der Waals surface area contributed by atoms with Gasteiger partial charge in [0.25, 0.3) is 0 Å². The van der Waals surface area contributed by atoms with E-state index in [1.807, 2.05) is 38.1 Å². The van der Waals surface area contributed by atoms with Crippen molar-refractivity contribution in [3.8, 4) is 33.8 Å². The van der Waals surface area contributed by atoms with Crippen molar-refractivity contribution in [3.63, 3.8) is 0 Å². The molecule has 2 heteroatoms. The average molecular weight is 290 g/mol. The zero-order valence-corrected chi connectivity index (χ0v) is 12.7. The number of aryl methyl sites for hydroxylation is 2. The molecule has 3 aromatic carbocycles. The lowest BCUT2D eigenvalue weighted by molar-refractivity contribution is 0.474. The van der Waals surface area contributed by atoms with E-state index < -0.39 is 0 Å². The van der Waals surface area contributed by atoms with Gasteiger partial charge in [-0.2, -0.15) is 0 Å². The van der Waals surface area contributed by atoms with Gasteiger partial charge in [-0.3, -0.25) is 0 Å². The zero-order valence-electron chi connectivity index (χ0n) is 12.7. The maximum Gasteiger partial charge on any atom is 0.115 e. The van der Waals surface area contributed by atoms with Crippen LogP contribution in [-0.2, 0) is 0 Å². The van der Waals surface area contributed by atoms with Crippen LogP contribution in [0.3, 0.4) is 0 Å². The van der Waals surface area contributed by atoms with Crippen molar-refractivity contribution in [2.75, 3.05) is 0 Å². The molecule has 0 radical (unpaired) electrons. The van der Waals surface area contributed by atoms with Gasteiger partial charge in [-0.05, 0) is 71.5 Å². The van der Waals surface area contributed by atoms with Crippen molar-refractivity contribution < 1.29 is 10.2 Å². The average Bonchev–Trinajstić information content (AvgIpc) is 2.48. The maximum atomic E-state index is 9.62. The second-order valence-corrected chi connectivity index (χ2v) is 5.54. The van der Waals surface area contributed by atoms with Crippen LogP contribution < -0.4 is 0 Å². The summed E-state index contributed by atoms with van der Waals surface area (Å²) in [5.41, 5.74) is 6.50. The Balaban J connectivity index is 2.22. The Labute approximate surface area is 130 Å². The van der Waals surface area contributed by atoms with E-state index in [0.29, 0.717) is 0 Å². The molecule has 0 aliphatic carbocycles. The van der Waals surface area contributed by atoms with Crippen LogP contribution in [0.15, 0.2) is 60.7 Å². The molecule has 0 fully saturated rings. The molecule has 0 amide bonds. The molecule has 3 aromatic rings. The normalized spacial score (nSPS) is 10.6. The van der Waals surface area contributed by atoms with Crippen LogP contribution in [0, 0.1) is 13.8 Å². The summed E-state index contributed by atoms with van der Waals surface area (Å²) in [6, 6.07) is 19.1. The van der Waals surface area contributed by atoms with Crippen LogP contribution in [0.4, 0.5) is 0 Å². The van der Waals surface area contributed by atoms with Crippen LogP contribution in [0.25, 0.3) is 22.3 Å². The highest BCUT2D eigenvalue weighted by Gasteiger charge is 2.11. The van der Waals surface area contributed by atoms with Gasteiger partial charge in [0.1, 0.15) is 11.5 Å². The van der Waals surface area contributed by atoms with Crippen molar-refractivity contribution in [1.29, 1.82) is 0 Å². The molecule has 3 rings (SSSR count). The first-order valence-corrected chi connectivity index (χ1v) is 7.25. The predicted molar refractivity (Wildman–Crippen MR) is 90.1 cm³/mol. The number of aromatic hydroxyl groups is 2. The Morgan fingerprint density at radius 2 is 0.955 bits per heavy atom. The second-order valence-electron chi connectivity index (χ2n) is 5.54. The summed E-state index contributed by atoms with van der Waals surface area (Å²) in [5, 5.41) is 19.2. The third kappa shape index (κ3) is 2.56. The topological polar surface area (TPSA) is 40.5 Å². The molecule has 0 atom stereocenters. The number of rotatable bonds is 2. The molecule has 0 unspecified atom stereocenters. The predicted octanol–water partition coefficient (Wildman–Crippen LogP) is 5.05. The monoisotopic (exact) mass is 290 g/mol. The van der Waals surface area contributed by atoms with Gasteiger partial charge < -0.3 is 10.2 Å². The summed E-state index contributed by atoms with van der Waals surface area (Å²) < 4.78 is 0. The Hall–Kier alpha value is -2.74. The van der Waals surface area contributed by atoms with Crippen molar-refractivity contribution >= 4 is 0 Å². The highest BCUT2D eigenvalue weighted by atomic mass is 16.3. The molecule has 0 aliphatic rings. The third-order valence-electron chi connectivity index (χ3n) is 3.93. The van der Waals surface area contributed by atoms with E-state index >= 15 is 0 Å². The van der Waals surface area contributed by atoms with Gasteiger partial charge in [0, 0.05) is 0 Å².